The number of carbonyl (C=O) groups is 3. The summed E-state index contributed by atoms with van der Waals surface area (Å²) in [5.41, 5.74) is 0.319. The third-order valence-electron chi connectivity index (χ3n) is 4.79. The van der Waals surface area contributed by atoms with Crippen molar-refractivity contribution in [2.45, 2.75) is 13.0 Å². The first-order valence-electron chi connectivity index (χ1n) is 10.4. The Morgan fingerprint density at radius 1 is 1.06 bits per heavy atom. The number of pyridine rings is 1. The molecule has 0 radical (unpaired) electrons. The fraction of sp³-hybridized carbons (Fsp3) is 0.167. The van der Waals surface area contributed by atoms with Crippen LogP contribution >= 0.6 is 0 Å². The molecule has 3 aromatic rings. The van der Waals surface area contributed by atoms with Crippen molar-refractivity contribution in [3.8, 4) is 11.5 Å². The van der Waals surface area contributed by atoms with Gasteiger partial charge in [-0.3, -0.25) is 4.98 Å². The smallest absolute Gasteiger partial charge is 0.342 e. The number of nitrogens with one attached hydrogen (secondary N) is 2. The number of amides is 2. The van der Waals surface area contributed by atoms with E-state index in [4.69, 9.17) is 18.6 Å². The van der Waals surface area contributed by atoms with E-state index in [1.54, 1.807) is 61.7 Å². The molecule has 1 atom stereocenters. The van der Waals surface area contributed by atoms with Gasteiger partial charge < -0.3 is 29.3 Å². The van der Waals surface area contributed by atoms with E-state index in [0.717, 1.165) is 0 Å². The van der Waals surface area contributed by atoms with Gasteiger partial charge in [0.15, 0.2) is 0 Å². The van der Waals surface area contributed by atoms with Crippen LogP contribution in [0.4, 0.5) is 4.79 Å². The molecule has 0 aliphatic carbocycles. The number of hydrogen-bond acceptors (Lipinski definition) is 8. The number of aromatic nitrogens is 1. The SMILES string of the molecule is CCOC(=O)C1=C(COC(=O)c2ccccc2Oc2cccnc2)NC(=O)NC1c1ccco1. The third kappa shape index (κ3) is 5.07. The minimum atomic E-state index is -0.905. The summed E-state index contributed by atoms with van der Waals surface area (Å²) in [6, 6.07) is 11.7. The van der Waals surface area contributed by atoms with E-state index in [1.807, 2.05) is 0 Å². The second-order valence-electron chi connectivity index (χ2n) is 7.02. The summed E-state index contributed by atoms with van der Waals surface area (Å²) in [7, 11) is 0. The first kappa shape index (κ1) is 22.6. The highest BCUT2D eigenvalue weighted by Crippen LogP contribution is 2.29. The fourth-order valence-electron chi connectivity index (χ4n) is 3.32. The summed E-state index contributed by atoms with van der Waals surface area (Å²) in [4.78, 5) is 41.8. The lowest BCUT2D eigenvalue weighted by Gasteiger charge is -2.27. The minimum absolute atomic E-state index is 0.0732. The van der Waals surface area contributed by atoms with Gasteiger partial charge in [0.25, 0.3) is 0 Å². The second kappa shape index (κ2) is 10.3. The zero-order chi connectivity index (χ0) is 23.9. The van der Waals surface area contributed by atoms with Gasteiger partial charge >= 0.3 is 18.0 Å². The number of urea groups is 1. The van der Waals surface area contributed by atoms with E-state index < -0.39 is 30.6 Å². The first-order valence-corrected chi connectivity index (χ1v) is 10.4. The molecule has 3 heterocycles. The number of furan rings is 1. The molecule has 1 unspecified atom stereocenters. The Hall–Kier alpha value is -4.60. The van der Waals surface area contributed by atoms with E-state index in [-0.39, 0.29) is 29.2 Å². The molecular weight excluding hydrogens is 442 g/mol. The zero-order valence-electron chi connectivity index (χ0n) is 18.1. The summed E-state index contributed by atoms with van der Waals surface area (Å²) in [6.07, 6.45) is 4.54. The van der Waals surface area contributed by atoms with Crippen LogP contribution in [-0.2, 0) is 14.3 Å². The van der Waals surface area contributed by atoms with Gasteiger partial charge in [0.05, 0.1) is 30.3 Å². The molecule has 1 aliphatic rings. The van der Waals surface area contributed by atoms with Crippen LogP contribution in [0.25, 0.3) is 0 Å². The van der Waals surface area contributed by atoms with Crippen molar-refractivity contribution >= 4 is 18.0 Å². The summed E-state index contributed by atoms with van der Waals surface area (Å²) < 4.78 is 21.7. The number of esters is 2. The molecule has 1 aromatic carbocycles. The second-order valence-corrected chi connectivity index (χ2v) is 7.02. The molecule has 2 N–H and O–H groups in total. The summed E-state index contributed by atoms with van der Waals surface area (Å²) >= 11 is 0. The topological polar surface area (TPSA) is 129 Å². The molecule has 2 aromatic heterocycles. The molecule has 1 aliphatic heterocycles. The molecule has 0 spiro atoms. The lowest BCUT2D eigenvalue weighted by molar-refractivity contribution is -0.139. The van der Waals surface area contributed by atoms with Crippen molar-refractivity contribution in [1.29, 1.82) is 0 Å². The molecule has 10 heteroatoms. The van der Waals surface area contributed by atoms with E-state index in [0.29, 0.717) is 11.5 Å². The number of rotatable bonds is 8. The molecule has 0 fully saturated rings. The standard InChI is InChI=1S/C24H21N3O7/c1-2-31-23(29)20-17(26-24(30)27-21(20)19-10-6-12-32-19)14-33-22(28)16-8-3-4-9-18(16)34-15-7-5-11-25-13-15/h3-13,21H,2,14H2,1H3,(H2,26,27,30). The molecule has 174 valence electrons. The predicted octanol–water partition coefficient (Wildman–Crippen LogP) is 3.50. The normalized spacial score (nSPS) is 15.2. The Labute approximate surface area is 194 Å². The van der Waals surface area contributed by atoms with Crippen molar-refractivity contribution in [3.05, 3.63) is 89.8 Å². The molecule has 0 saturated carbocycles. The monoisotopic (exact) mass is 463 g/mol. The predicted molar refractivity (Wildman–Crippen MR) is 118 cm³/mol. The number of carbonyl (C=O) groups excluding carboxylic acids is 3. The highest BCUT2D eigenvalue weighted by Gasteiger charge is 2.35. The molecular formula is C24H21N3O7. The van der Waals surface area contributed by atoms with Crippen molar-refractivity contribution in [1.82, 2.24) is 15.6 Å². The number of hydrogen-bond donors (Lipinski definition) is 2. The Balaban J connectivity index is 1.58. The van der Waals surface area contributed by atoms with Gasteiger partial charge in [-0.1, -0.05) is 12.1 Å². The summed E-state index contributed by atoms with van der Waals surface area (Å²) in [5, 5.41) is 5.15. The van der Waals surface area contributed by atoms with Crippen LogP contribution in [0.2, 0.25) is 0 Å². The zero-order valence-corrected chi connectivity index (χ0v) is 18.1. The van der Waals surface area contributed by atoms with Crippen LogP contribution in [0.1, 0.15) is 29.1 Å². The van der Waals surface area contributed by atoms with Gasteiger partial charge in [-0.15, -0.1) is 0 Å². The molecule has 2 amide bonds. The number of benzene rings is 1. The number of ether oxygens (including phenoxy) is 3. The van der Waals surface area contributed by atoms with Gasteiger partial charge in [0.2, 0.25) is 0 Å². The fourth-order valence-corrected chi connectivity index (χ4v) is 3.32. The van der Waals surface area contributed by atoms with E-state index >= 15 is 0 Å². The van der Waals surface area contributed by atoms with E-state index in [2.05, 4.69) is 15.6 Å². The third-order valence-corrected chi connectivity index (χ3v) is 4.79. The van der Waals surface area contributed by atoms with E-state index in [1.165, 1.54) is 12.5 Å². The first-order chi connectivity index (χ1) is 16.6. The summed E-state index contributed by atoms with van der Waals surface area (Å²) in [5.74, 6) is -0.345. The molecule has 0 bridgehead atoms. The average molecular weight is 463 g/mol. The van der Waals surface area contributed by atoms with Gasteiger partial charge in [0.1, 0.15) is 35.5 Å². The van der Waals surface area contributed by atoms with Crippen LogP contribution in [0, 0.1) is 0 Å². The quantitative estimate of drug-likeness (QED) is 0.486. The van der Waals surface area contributed by atoms with E-state index in [9.17, 15) is 14.4 Å². The highest BCUT2D eigenvalue weighted by atomic mass is 16.5. The van der Waals surface area contributed by atoms with Crippen LogP contribution in [0.15, 0.2) is 82.9 Å². The van der Waals surface area contributed by atoms with Crippen molar-refractivity contribution < 1.29 is 33.0 Å². The molecule has 10 nitrogen and oxygen atoms in total. The molecule has 4 rings (SSSR count). The van der Waals surface area contributed by atoms with Crippen molar-refractivity contribution in [2.75, 3.05) is 13.2 Å². The lowest BCUT2D eigenvalue weighted by Crippen LogP contribution is -2.47. The maximum absolute atomic E-state index is 12.9. The number of nitrogens with zero attached hydrogens (tertiary/aromatic N) is 1. The van der Waals surface area contributed by atoms with Crippen molar-refractivity contribution in [2.24, 2.45) is 0 Å². The van der Waals surface area contributed by atoms with Crippen LogP contribution in [0.5, 0.6) is 11.5 Å². The minimum Gasteiger partial charge on any atom is -0.467 e. The van der Waals surface area contributed by atoms with Crippen LogP contribution in [0.3, 0.4) is 0 Å². The van der Waals surface area contributed by atoms with Gasteiger partial charge in [-0.2, -0.15) is 0 Å². The van der Waals surface area contributed by atoms with Crippen molar-refractivity contribution in [3.63, 3.8) is 0 Å². The Morgan fingerprint density at radius 3 is 2.65 bits per heavy atom. The van der Waals surface area contributed by atoms with Crippen LogP contribution in [-0.4, -0.2) is 36.2 Å². The van der Waals surface area contributed by atoms with Gasteiger partial charge in [0, 0.05) is 6.20 Å². The maximum Gasteiger partial charge on any atom is 0.342 e. The van der Waals surface area contributed by atoms with Crippen LogP contribution < -0.4 is 15.4 Å². The average Bonchev–Trinajstić information content (AvgIpc) is 3.38. The summed E-state index contributed by atoms with van der Waals surface area (Å²) in [6.45, 7) is 1.39. The number of para-hydroxylation sites is 1. The highest BCUT2D eigenvalue weighted by molar-refractivity contribution is 5.96. The Bertz CT molecular complexity index is 1210. The molecule has 0 saturated heterocycles. The Morgan fingerprint density at radius 2 is 1.91 bits per heavy atom. The Kier molecular flexibility index (Phi) is 6.87. The van der Waals surface area contributed by atoms with Gasteiger partial charge in [-0.05, 0) is 43.3 Å². The molecule has 34 heavy (non-hydrogen) atoms. The lowest BCUT2D eigenvalue weighted by atomic mass is 10.0. The van der Waals surface area contributed by atoms with Gasteiger partial charge in [-0.25, -0.2) is 14.4 Å². The largest absolute Gasteiger partial charge is 0.467 e. The maximum atomic E-state index is 12.9.